The van der Waals surface area contributed by atoms with Crippen molar-refractivity contribution in [1.29, 1.82) is 0 Å². The largest absolute Gasteiger partial charge is 0.373 e. The van der Waals surface area contributed by atoms with Gasteiger partial charge in [0.05, 0.1) is 4.92 Å². The summed E-state index contributed by atoms with van der Waals surface area (Å²) < 4.78 is 13.1. The molecule has 19 heavy (non-hydrogen) atoms. The van der Waals surface area contributed by atoms with Crippen molar-refractivity contribution in [3.63, 3.8) is 0 Å². The molecule has 2 aromatic carbocycles. The average molecular weight is 260 g/mol. The molecular formula is C14H13FN2O2. The lowest BCUT2D eigenvalue weighted by Gasteiger charge is -2.15. The normalized spacial score (nSPS) is 11.9. The maximum atomic E-state index is 13.1. The van der Waals surface area contributed by atoms with Crippen LogP contribution in [0.1, 0.15) is 18.5 Å². The van der Waals surface area contributed by atoms with Crippen LogP contribution in [0.5, 0.6) is 0 Å². The molecule has 0 amide bonds. The molecule has 2 aromatic rings. The van der Waals surface area contributed by atoms with Gasteiger partial charge in [-0.15, -0.1) is 0 Å². The molecule has 0 heterocycles. The zero-order valence-electron chi connectivity index (χ0n) is 10.3. The lowest BCUT2D eigenvalue weighted by molar-refractivity contribution is -0.384. The number of benzene rings is 2. The van der Waals surface area contributed by atoms with Gasteiger partial charge in [-0.1, -0.05) is 24.3 Å². The molecule has 5 heteroatoms. The van der Waals surface area contributed by atoms with Crippen molar-refractivity contribution in [3.05, 3.63) is 70.0 Å². The molecular weight excluding hydrogens is 247 g/mol. The highest BCUT2D eigenvalue weighted by Gasteiger charge is 2.15. The zero-order valence-corrected chi connectivity index (χ0v) is 10.3. The van der Waals surface area contributed by atoms with Gasteiger partial charge in [-0.25, -0.2) is 4.39 Å². The van der Waals surface area contributed by atoms with Crippen LogP contribution >= 0.6 is 0 Å². The van der Waals surface area contributed by atoms with Crippen molar-refractivity contribution < 1.29 is 9.31 Å². The summed E-state index contributed by atoms with van der Waals surface area (Å²) in [5, 5.41) is 13.9. The molecule has 0 aromatic heterocycles. The molecule has 1 unspecified atom stereocenters. The van der Waals surface area contributed by atoms with Crippen molar-refractivity contribution >= 4 is 11.4 Å². The maximum Gasteiger partial charge on any atom is 0.292 e. The van der Waals surface area contributed by atoms with E-state index in [1.165, 1.54) is 18.2 Å². The summed E-state index contributed by atoms with van der Waals surface area (Å²) in [6, 6.07) is 12.3. The first-order chi connectivity index (χ1) is 9.08. The Morgan fingerprint density at radius 1 is 1.21 bits per heavy atom. The van der Waals surface area contributed by atoms with Crippen LogP contribution in [-0.2, 0) is 0 Å². The Hall–Kier alpha value is -2.43. The van der Waals surface area contributed by atoms with Gasteiger partial charge in [0.25, 0.3) is 5.69 Å². The lowest BCUT2D eigenvalue weighted by Crippen LogP contribution is -2.08. The molecule has 0 saturated heterocycles. The van der Waals surface area contributed by atoms with Crippen LogP contribution in [0.2, 0.25) is 0 Å². The standard InChI is InChI=1S/C14H13FN2O2/c1-10(11-5-4-6-12(15)9-11)16-13-7-2-3-8-14(13)17(18)19/h2-10,16H,1H3. The molecule has 0 radical (unpaired) electrons. The molecule has 0 aliphatic rings. The number of nitro groups is 1. The SMILES string of the molecule is CC(Nc1ccccc1[N+](=O)[O-])c1cccc(F)c1. The number of anilines is 1. The fourth-order valence-electron chi connectivity index (χ4n) is 1.85. The highest BCUT2D eigenvalue weighted by atomic mass is 19.1. The van der Waals surface area contributed by atoms with Gasteiger partial charge in [0, 0.05) is 12.1 Å². The summed E-state index contributed by atoms with van der Waals surface area (Å²) in [6.45, 7) is 1.82. The summed E-state index contributed by atoms with van der Waals surface area (Å²) in [5.41, 5.74) is 1.16. The van der Waals surface area contributed by atoms with Crippen molar-refractivity contribution in [2.24, 2.45) is 0 Å². The van der Waals surface area contributed by atoms with Gasteiger partial charge < -0.3 is 5.32 Å². The molecule has 2 rings (SSSR count). The Morgan fingerprint density at radius 2 is 1.95 bits per heavy atom. The Kier molecular flexibility index (Phi) is 3.75. The first-order valence-corrected chi connectivity index (χ1v) is 5.83. The second-order valence-corrected chi connectivity index (χ2v) is 4.20. The van der Waals surface area contributed by atoms with Crippen LogP contribution in [-0.4, -0.2) is 4.92 Å². The van der Waals surface area contributed by atoms with Crippen LogP contribution in [0, 0.1) is 15.9 Å². The van der Waals surface area contributed by atoms with Gasteiger partial charge >= 0.3 is 0 Å². The number of nitro benzene ring substituents is 1. The molecule has 0 bridgehead atoms. The molecule has 0 spiro atoms. The molecule has 0 aliphatic carbocycles. The molecule has 0 saturated carbocycles. The number of nitrogens with zero attached hydrogens (tertiary/aromatic N) is 1. The van der Waals surface area contributed by atoms with Gasteiger partial charge in [0.15, 0.2) is 0 Å². The quantitative estimate of drug-likeness (QED) is 0.669. The van der Waals surface area contributed by atoms with Crippen molar-refractivity contribution in [3.8, 4) is 0 Å². The minimum atomic E-state index is -0.444. The topological polar surface area (TPSA) is 55.2 Å². The molecule has 98 valence electrons. The van der Waals surface area contributed by atoms with Crippen LogP contribution in [0.3, 0.4) is 0 Å². The summed E-state index contributed by atoms with van der Waals surface area (Å²) in [7, 11) is 0. The number of hydrogen-bond donors (Lipinski definition) is 1. The van der Waals surface area contributed by atoms with E-state index in [1.54, 1.807) is 30.3 Å². The average Bonchev–Trinajstić information content (AvgIpc) is 2.39. The maximum absolute atomic E-state index is 13.1. The second-order valence-electron chi connectivity index (χ2n) is 4.20. The highest BCUT2D eigenvalue weighted by Crippen LogP contribution is 2.27. The van der Waals surface area contributed by atoms with Crippen LogP contribution in [0.4, 0.5) is 15.8 Å². The summed E-state index contributed by atoms with van der Waals surface area (Å²) >= 11 is 0. The van der Waals surface area contributed by atoms with E-state index in [4.69, 9.17) is 0 Å². The third-order valence-corrected chi connectivity index (χ3v) is 2.82. The monoisotopic (exact) mass is 260 g/mol. The first kappa shape index (κ1) is 13.0. The van der Waals surface area contributed by atoms with Crippen molar-refractivity contribution in [2.75, 3.05) is 5.32 Å². The third kappa shape index (κ3) is 3.07. The minimum absolute atomic E-state index is 0.00533. The predicted molar refractivity (Wildman–Crippen MR) is 71.5 cm³/mol. The Bertz CT molecular complexity index is 602. The summed E-state index contributed by atoms with van der Waals surface area (Å²) in [6.07, 6.45) is 0. The van der Waals surface area contributed by atoms with Crippen molar-refractivity contribution in [1.82, 2.24) is 0 Å². The van der Waals surface area contributed by atoms with Crippen LogP contribution < -0.4 is 5.32 Å². The van der Waals surface area contributed by atoms with E-state index in [9.17, 15) is 14.5 Å². The van der Waals surface area contributed by atoms with Gasteiger partial charge in [-0.2, -0.15) is 0 Å². The van der Waals surface area contributed by atoms with Gasteiger partial charge in [-0.3, -0.25) is 10.1 Å². The molecule has 0 aliphatic heterocycles. The lowest BCUT2D eigenvalue weighted by atomic mass is 10.1. The first-order valence-electron chi connectivity index (χ1n) is 5.83. The molecule has 1 N–H and O–H groups in total. The van der Waals surface area contributed by atoms with E-state index in [0.29, 0.717) is 5.69 Å². The number of para-hydroxylation sites is 2. The van der Waals surface area contributed by atoms with E-state index in [2.05, 4.69) is 5.32 Å². The van der Waals surface area contributed by atoms with Gasteiger partial charge in [0.1, 0.15) is 11.5 Å². The minimum Gasteiger partial charge on any atom is -0.373 e. The van der Waals surface area contributed by atoms with Crippen LogP contribution in [0.25, 0.3) is 0 Å². The van der Waals surface area contributed by atoms with E-state index in [0.717, 1.165) is 5.56 Å². The fourth-order valence-corrected chi connectivity index (χ4v) is 1.85. The van der Waals surface area contributed by atoms with E-state index in [-0.39, 0.29) is 17.5 Å². The van der Waals surface area contributed by atoms with Crippen molar-refractivity contribution in [2.45, 2.75) is 13.0 Å². The Balaban J connectivity index is 2.24. The number of halogens is 1. The zero-order chi connectivity index (χ0) is 13.8. The Morgan fingerprint density at radius 3 is 2.63 bits per heavy atom. The number of nitrogens with one attached hydrogen (secondary N) is 1. The van der Waals surface area contributed by atoms with E-state index < -0.39 is 4.92 Å². The molecule has 1 atom stereocenters. The molecule has 4 nitrogen and oxygen atoms in total. The number of hydrogen-bond acceptors (Lipinski definition) is 3. The van der Waals surface area contributed by atoms with Crippen LogP contribution in [0.15, 0.2) is 48.5 Å². The van der Waals surface area contributed by atoms with Gasteiger partial charge in [0.2, 0.25) is 0 Å². The third-order valence-electron chi connectivity index (χ3n) is 2.82. The van der Waals surface area contributed by atoms with E-state index >= 15 is 0 Å². The summed E-state index contributed by atoms with van der Waals surface area (Å²) in [5.74, 6) is -0.325. The Labute approximate surface area is 110 Å². The molecule has 0 fully saturated rings. The second kappa shape index (κ2) is 5.48. The smallest absolute Gasteiger partial charge is 0.292 e. The highest BCUT2D eigenvalue weighted by molar-refractivity contribution is 5.61. The van der Waals surface area contributed by atoms with E-state index in [1.807, 2.05) is 6.92 Å². The summed E-state index contributed by atoms with van der Waals surface area (Å²) in [4.78, 5) is 10.5. The van der Waals surface area contributed by atoms with Gasteiger partial charge in [-0.05, 0) is 30.7 Å². The predicted octanol–water partition coefficient (Wildman–Crippen LogP) is 3.91. The number of rotatable bonds is 4. The fraction of sp³-hybridized carbons (Fsp3) is 0.143.